The minimum Gasteiger partial charge on any atom is -0.457 e. The lowest BCUT2D eigenvalue weighted by Crippen LogP contribution is -2.02. The number of nitro groups is 2. The molecule has 9 nitrogen and oxygen atoms in total. The fourth-order valence-corrected chi connectivity index (χ4v) is 2.77. The van der Waals surface area contributed by atoms with Crippen molar-refractivity contribution in [1.29, 1.82) is 5.26 Å². The fourth-order valence-electron chi connectivity index (χ4n) is 2.77. The van der Waals surface area contributed by atoms with E-state index in [-0.39, 0.29) is 28.3 Å². The first-order valence-corrected chi connectivity index (χ1v) is 8.56. The van der Waals surface area contributed by atoms with E-state index in [0.29, 0.717) is 11.3 Å². The predicted octanol–water partition coefficient (Wildman–Crippen LogP) is 4.86. The number of ketones is 1. The molecule has 1 heterocycles. The van der Waals surface area contributed by atoms with Gasteiger partial charge in [-0.05, 0) is 24.6 Å². The summed E-state index contributed by atoms with van der Waals surface area (Å²) in [7, 11) is 0. The summed E-state index contributed by atoms with van der Waals surface area (Å²) in [5.41, 5.74) is 0.624. The van der Waals surface area contributed by atoms with Gasteiger partial charge in [0.1, 0.15) is 23.2 Å². The van der Waals surface area contributed by atoms with Gasteiger partial charge >= 0.3 is 0 Å². The number of benzene rings is 2. The van der Waals surface area contributed by atoms with Crippen molar-refractivity contribution in [3.05, 3.63) is 97.3 Å². The normalized spacial score (nSPS) is 11.0. The van der Waals surface area contributed by atoms with E-state index >= 15 is 0 Å². The summed E-state index contributed by atoms with van der Waals surface area (Å²) in [6.45, 7) is 1.77. The number of hydrogen-bond donors (Lipinski definition) is 0. The number of nitriles is 1. The molecule has 0 aliphatic heterocycles. The van der Waals surface area contributed by atoms with Crippen LogP contribution in [0.1, 0.15) is 21.7 Å². The van der Waals surface area contributed by atoms with Gasteiger partial charge in [-0.2, -0.15) is 5.26 Å². The van der Waals surface area contributed by atoms with Crippen LogP contribution in [0.15, 0.2) is 64.6 Å². The number of Topliss-reactive ketones (excluding diaryl/α,β-unsaturated/α-hetero) is 1. The first-order chi connectivity index (χ1) is 14.3. The van der Waals surface area contributed by atoms with Crippen molar-refractivity contribution >= 4 is 23.2 Å². The summed E-state index contributed by atoms with van der Waals surface area (Å²) in [6, 6.07) is 14.3. The van der Waals surface area contributed by atoms with Crippen molar-refractivity contribution < 1.29 is 19.1 Å². The van der Waals surface area contributed by atoms with E-state index in [1.165, 1.54) is 42.5 Å². The predicted molar refractivity (Wildman–Crippen MR) is 107 cm³/mol. The number of hydrogen-bond acceptors (Lipinski definition) is 7. The van der Waals surface area contributed by atoms with Crippen molar-refractivity contribution in [2.24, 2.45) is 0 Å². The molecule has 2 aromatic carbocycles. The molecule has 30 heavy (non-hydrogen) atoms. The SMILES string of the molecule is Cc1ccc([N+](=O)[O-])cc1-c1ccc(C=C(C#N)C(=O)c2cccc([N+](=O)[O-])c2)o1. The topological polar surface area (TPSA) is 140 Å². The van der Waals surface area contributed by atoms with Crippen LogP contribution < -0.4 is 0 Å². The Balaban J connectivity index is 1.95. The summed E-state index contributed by atoms with van der Waals surface area (Å²) < 4.78 is 5.66. The molecule has 0 atom stereocenters. The lowest BCUT2D eigenvalue weighted by molar-refractivity contribution is -0.385. The third kappa shape index (κ3) is 4.13. The summed E-state index contributed by atoms with van der Waals surface area (Å²) in [4.78, 5) is 33.3. The van der Waals surface area contributed by atoms with E-state index in [9.17, 15) is 30.3 Å². The largest absolute Gasteiger partial charge is 0.457 e. The Labute approximate surface area is 169 Å². The van der Waals surface area contributed by atoms with Gasteiger partial charge in [-0.3, -0.25) is 25.0 Å². The molecule has 3 rings (SSSR count). The number of allylic oxidation sites excluding steroid dienone is 1. The first-order valence-electron chi connectivity index (χ1n) is 8.56. The molecule has 0 spiro atoms. The molecule has 148 valence electrons. The van der Waals surface area contributed by atoms with Crippen molar-refractivity contribution in [2.45, 2.75) is 6.92 Å². The molecule has 0 radical (unpaired) electrons. The second kappa shape index (κ2) is 8.20. The maximum atomic E-state index is 12.6. The molecule has 0 saturated carbocycles. The first kappa shape index (κ1) is 20.2. The van der Waals surface area contributed by atoms with Crippen LogP contribution in [0.25, 0.3) is 17.4 Å². The van der Waals surface area contributed by atoms with Crippen LogP contribution in [-0.2, 0) is 0 Å². The molecule has 0 N–H and O–H groups in total. The number of rotatable bonds is 6. The van der Waals surface area contributed by atoms with Crippen LogP contribution in [0, 0.1) is 38.5 Å². The second-order valence-corrected chi connectivity index (χ2v) is 6.26. The Morgan fingerprint density at radius 1 is 1.03 bits per heavy atom. The van der Waals surface area contributed by atoms with Crippen LogP contribution in [0.4, 0.5) is 11.4 Å². The summed E-state index contributed by atoms with van der Waals surface area (Å²) in [5, 5.41) is 31.3. The molecule has 0 unspecified atom stereocenters. The summed E-state index contributed by atoms with van der Waals surface area (Å²) in [5.74, 6) is -0.167. The van der Waals surface area contributed by atoms with Crippen molar-refractivity contribution in [3.63, 3.8) is 0 Å². The minimum absolute atomic E-state index is 0.00157. The number of aryl methyl sites for hydroxylation is 1. The molecule has 0 amide bonds. The lowest BCUT2D eigenvalue weighted by atomic mass is 10.0. The number of nitro benzene ring substituents is 2. The molecule has 0 saturated heterocycles. The van der Waals surface area contributed by atoms with E-state index in [1.807, 2.05) is 0 Å². The Kier molecular flexibility index (Phi) is 5.51. The highest BCUT2D eigenvalue weighted by Gasteiger charge is 2.17. The van der Waals surface area contributed by atoms with Gasteiger partial charge in [-0.15, -0.1) is 0 Å². The summed E-state index contributed by atoms with van der Waals surface area (Å²) >= 11 is 0. The Morgan fingerprint density at radius 3 is 2.40 bits per heavy atom. The van der Waals surface area contributed by atoms with Gasteiger partial charge < -0.3 is 4.42 Å². The van der Waals surface area contributed by atoms with E-state index in [4.69, 9.17) is 4.42 Å². The van der Waals surface area contributed by atoms with E-state index in [1.54, 1.807) is 25.1 Å². The van der Waals surface area contributed by atoms with Crippen LogP contribution in [0.2, 0.25) is 0 Å². The number of carbonyl (C=O) groups excluding carboxylic acids is 1. The molecule has 0 aliphatic rings. The van der Waals surface area contributed by atoms with Crippen molar-refractivity contribution in [3.8, 4) is 17.4 Å². The zero-order valence-electron chi connectivity index (χ0n) is 15.6. The van der Waals surface area contributed by atoms with Crippen LogP contribution >= 0.6 is 0 Å². The maximum Gasteiger partial charge on any atom is 0.270 e. The van der Waals surface area contributed by atoms with Gasteiger partial charge in [0.05, 0.1) is 9.85 Å². The second-order valence-electron chi connectivity index (χ2n) is 6.26. The van der Waals surface area contributed by atoms with Gasteiger partial charge in [0, 0.05) is 41.5 Å². The third-order valence-electron chi connectivity index (χ3n) is 4.30. The van der Waals surface area contributed by atoms with Crippen LogP contribution in [0.3, 0.4) is 0 Å². The number of carbonyl (C=O) groups is 1. The van der Waals surface area contributed by atoms with E-state index in [0.717, 1.165) is 11.6 Å². The Morgan fingerprint density at radius 2 is 1.73 bits per heavy atom. The summed E-state index contributed by atoms with van der Waals surface area (Å²) in [6.07, 6.45) is 1.22. The van der Waals surface area contributed by atoms with Gasteiger partial charge in [0.15, 0.2) is 0 Å². The van der Waals surface area contributed by atoms with Crippen molar-refractivity contribution in [2.75, 3.05) is 0 Å². The molecular formula is C21H13N3O6. The molecule has 3 aromatic rings. The van der Waals surface area contributed by atoms with Gasteiger partial charge in [-0.1, -0.05) is 18.2 Å². The highest BCUT2D eigenvalue weighted by atomic mass is 16.6. The number of furan rings is 1. The molecule has 0 aliphatic carbocycles. The lowest BCUT2D eigenvalue weighted by Gasteiger charge is -2.02. The average molecular weight is 403 g/mol. The van der Waals surface area contributed by atoms with Crippen LogP contribution in [0.5, 0.6) is 0 Å². The Hall–Kier alpha value is -4.58. The fraction of sp³-hybridized carbons (Fsp3) is 0.0476. The highest BCUT2D eigenvalue weighted by Crippen LogP contribution is 2.30. The highest BCUT2D eigenvalue weighted by molar-refractivity contribution is 6.14. The molecule has 0 bridgehead atoms. The Bertz CT molecular complexity index is 1250. The quantitative estimate of drug-likeness (QED) is 0.188. The van der Waals surface area contributed by atoms with Gasteiger partial charge in [-0.25, -0.2) is 0 Å². The standard InChI is InChI=1S/C21H13N3O6/c1-13-5-6-17(24(28)29)11-19(13)20-8-7-18(30-20)10-15(12-22)21(25)14-3-2-4-16(9-14)23(26)27/h2-11H,1H3. The van der Waals surface area contributed by atoms with Crippen molar-refractivity contribution in [1.82, 2.24) is 0 Å². The third-order valence-corrected chi connectivity index (χ3v) is 4.30. The molecule has 9 heteroatoms. The maximum absolute atomic E-state index is 12.6. The van der Waals surface area contributed by atoms with Gasteiger partial charge in [0.25, 0.3) is 11.4 Å². The zero-order valence-corrected chi connectivity index (χ0v) is 15.6. The van der Waals surface area contributed by atoms with Gasteiger partial charge in [0.2, 0.25) is 5.78 Å². The van der Waals surface area contributed by atoms with E-state index in [2.05, 4.69) is 0 Å². The van der Waals surface area contributed by atoms with Crippen LogP contribution in [-0.4, -0.2) is 15.6 Å². The monoisotopic (exact) mass is 403 g/mol. The minimum atomic E-state index is -0.689. The average Bonchev–Trinajstić information content (AvgIpc) is 3.20. The molecule has 0 fully saturated rings. The zero-order chi connectivity index (χ0) is 21.8. The smallest absolute Gasteiger partial charge is 0.270 e. The number of non-ortho nitro benzene ring substituents is 2. The number of nitrogens with zero attached hydrogens (tertiary/aromatic N) is 3. The van der Waals surface area contributed by atoms with E-state index < -0.39 is 15.6 Å². The molecule has 1 aromatic heterocycles. The molecular weight excluding hydrogens is 390 g/mol.